The van der Waals surface area contributed by atoms with Gasteiger partial charge in [-0.15, -0.1) is 0 Å². The number of nitrogens with zero attached hydrogens (tertiary/aromatic N) is 4. The van der Waals surface area contributed by atoms with Crippen LogP contribution in [0.1, 0.15) is 30.2 Å². The number of aliphatic hydroxyl groups excluding tert-OH is 1. The Morgan fingerprint density at radius 1 is 1.08 bits per heavy atom. The lowest BCUT2D eigenvalue weighted by molar-refractivity contribution is 0.154. The number of aromatic nitrogens is 2. The molecule has 5 heteroatoms. The molecule has 2 heterocycles. The van der Waals surface area contributed by atoms with Gasteiger partial charge in [0.05, 0.1) is 6.10 Å². The summed E-state index contributed by atoms with van der Waals surface area (Å²) in [6.45, 7) is 7.01. The van der Waals surface area contributed by atoms with E-state index in [9.17, 15) is 5.11 Å². The lowest BCUT2D eigenvalue weighted by atomic mass is 10.0. The predicted molar refractivity (Wildman–Crippen MR) is 96.1 cm³/mol. The maximum atomic E-state index is 10.2. The molecule has 24 heavy (non-hydrogen) atoms. The first-order chi connectivity index (χ1) is 11.7. The first-order valence-corrected chi connectivity index (χ1v) is 8.72. The highest BCUT2D eigenvalue weighted by Crippen LogP contribution is 2.18. The van der Waals surface area contributed by atoms with Crippen molar-refractivity contribution in [1.82, 2.24) is 14.9 Å². The molecular weight excluding hydrogens is 300 g/mol. The van der Waals surface area contributed by atoms with Gasteiger partial charge < -0.3 is 10.0 Å². The van der Waals surface area contributed by atoms with Crippen molar-refractivity contribution in [2.24, 2.45) is 0 Å². The number of aliphatic hydroxyl groups is 1. The molecule has 1 aromatic heterocycles. The number of aryl methyl sites for hydroxylation is 1. The molecule has 0 bridgehead atoms. The minimum atomic E-state index is -0.354. The number of piperazine rings is 1. The number of hydrogen-bond acceptors (Lipinski definition) is 5. The fourth-order valence-corrected chi connectivity index (χ4v) is 3.11. The third-order valence-electron chi connectivity index (χ3n) is 4.57. The van der Waals surface area contributed by atoms with Crippen molar-refractivity contribution < 1.29 is 5.11 Å². The number of rotatable bonds is 6. The normalized spacial score (nSPS) is 17.0. The van der Waals surface area contributed by atoms with E-state index in [4.69, 9.17) is 0 Å². The third kappa shape index (κ3) is 4.52. The Balaban J connectivity index is 1.40. The van der Waals surface area contributed by atoms with Crippen molar-refractivity contribution >= 4 is 5.95 Å². The Morgan fingerprint density at radius 2 is 1.83 bits per heavy atom. The summed E-state index contributed by atoms with van der Waals surface area (Å²) in [5.41, 5.74) is 2.02. The molecule has 3 rings (SSSR count). The van der Waals surface area contributed by atoms with Gasteiger partial charge in [0.25, 0.3) is 0 Å². The highest BCUT2D eigenvalue weighted by Gasteiger charge is 2.19. The lowest BCUT2D eigenvalue weighted by Crippen LogP contribution is -2.47. The van der Waals surface area contributed by atoms with Crippen LogP contribution in [0, 0.1) is 6.92 Å². The zero-order chi connectivity index (χ0) is 16.8. The fourth-order valence-electron chi connectivity index (χ4n) is 3.11. The smallest absolute Gasteiger partial charge is 0.225 e. The summed E-state index contributed by atoms with van der Waals surface area (Å²) in [7, 11) is 0. The SMILES string of the molecule is Cc1ccnc(N2CCN(CCCC(O)c3ccccc3)CC2)n1. The van der Waals surface area contributed by atoms with Crippen molar-refractivity contribution in [3.63, 3.8) is 0 Å². The first-order valence-electron chi connectivity index (χ1n) is 8.72. The molecule has 1 aromatic carbocycles. The van der Waals surface area contributed by atoms with Crippen LogP contribution in [0.15, 0.2) is 42.6 Å². The summed E-state index contributed by atoms with van der Waals surface area (Å²) in [5, 5.41) is 10.2. The average molecular weight is 326 g/mol. The molecular formula is C19H26N4O. The molecule has 0 saturated carbocycles. The van der Waals surface area contributed by atoms with Crippen molar-refractivity contribution in [2.45, 2.75) is 25.9 Å². The van der Waals surface area contributed by atoms with Crippen molar-refractivity contribution in [2.75, 3.05) is 37.6 Å². The zero-order valence-electron chi connectivity index (χ0n) is 14.3. The summed E-state index contributed by atoms with van der Waals surface area (Å²) >= 11 is 0. The largest absolute Gasteiger partial charge is 0.388 e. The van der Waals surface area contributed by atoms with E-state index in [-0.39, 0.29) is 6.10 Å². The second kappa shape index (κ2) is 8.22. The molecule has 1 atom stereocenters. The molecule has 5 nitrogen and oxygen atoms in total. The van der Waals surface area contributed by atoms with E-state index in [1.807, 2.05) is 49.5 Å². The van der Waals surface area contributed by atoms with Gasteiger partial charge in [-0.1, -0.05) is 30.3 Å². The standard InChI is InChI=1S/C19H26N4O/c1-16-9-10-20-19(21-16)23-14-12-22(13-15-23)11-5-8-18(24)17-6-3-2-4-7-17/h2-4,6-7,9-10,18,24H,5,8,11-15H2,1H3. The van der Waals surface area contributed by atoms with E-state index in [2.05, 4.69) is 19.8 Å². The van der Waals surface area contributed by atoms with Crippen molar-refractivity contribution in [3.05, 3.63) is 53.9 Å². The van der Waals surface area contributed by atoms with Crippen LogP contribution in [-0.2, 0) is 0 Å². The van der Waals surface area contributed by atoms with Gasteiger partial charge in [0.1, 0.15) is 0 Å². The molecule has 1 fully saturated rings. The number of hydrogen-bond donors (Lipinski definition) is 1. The van der Waals surface area contributed by atoms with Gasteiger partial charge >= 0.3 is 0 Å². The minimum Gasteiger partial charge on any atom is -0.388 e. The van der Waals surface area contributed by atoms with Crippen LogP contribution in [0.4, 0.5) is 5.95 Å². The van der Waals surface area contributed by atoms with Crippen LogP contribution in [0.25, 0.3) is 0 Å². The molecule has 0 spiro atoms. The molecule has 0 aliphatic carbocycles. The van der Waals surface area contributed by atoms with Gasteiger partial charge in [-0.3, -0.25) is 4.90 Å². The lowest BCUT2D eigenvalue weighted by Gasteiger charge is -2.34. The Kier molecular flexibility index (Phi) is 5.77. The quantitative estimate of drug-likeness (QED) is 0.883. The van der Waals surface area contributed by atoms with Gasteiger partial charge in [0.2, 0.25) is 5.95 Å². The molecule has 1 unspecified atom stereocenters. The van der Waals surface area contributed by atoms with Gasteiger partial charge in [-0.05, 0) is 37.9 Å². The van der Waals surface area contributed by atoms with Crippen LogP contribution in [0.2, 0.25) is 0 Å². The summed E-state index contributed by atoms with van der Waals surface area (Å²) in [4.78, 5) is 13.6. The molecule has 1 aliphatic heterocycles. The second-order valence-electron chi connectivity index (χ2n) is 6.40. The average Bonchev–Trinajstić information content (AvgIpc) is 2.63. The first kappa shape index (κ1) is 16.9. The molecule has 1 N–H and O–H groups in total. The van der Waals surface area contributed by atoms with E-state index in [0.29, 0.717) is 0 Å². The minimum absolute atomic E-state index is 0.354. The second-order valence-corrected chi connectivity index (χ2v) is 6.40. The van der Waals surface area contributed by atoms with Gasteiger partial charge in [0, 0.05) is 38.1 Å². The maximum Gasteiger partial charge on any atom is 0.225 e. The summed E-state index contributed by atoms with van der Waals surface area (Å²) in [5.74, 6) is 0.842. The number of anilines is 1. The van der Waals surface area contributed by atoms with Gasteiger partial charge in [-0.2, -0.15) is 0 Å². The van der Waals surface area contributed by atoms with E-state index < -0.39 is 0 Å². The van der Waals surface area contributed by atoms with Gasteiger partial charge in [0.15, 0.2) is 0 Å². The third-order valence-corrected chi connectivity index (χ3v) is 4.57. The van der Waals surface area contributed by atoms with E-state index in [0.717, 1.165) is 62.8 Å². The molecule has 1 saturated heterocycles. The Labute approximate surface area is 144 Å². The topological polar surface area (TPSA) is 52.5 Å². The highest BCUT2D eigenvalue weighted by atomic mass is 16.3. The Morgan fingerprint density at radius 3 is 2.54 bits per heavy atom. The van der Waals surface area contributed by atoms with Crippen molar-refractivity contribution in [3.8, 4) is 0 Å². The van der Waals surface area contributed by atoms with Crippen LogP contribution >= 0.6 is 0 Å². The van der Waals surface area contributed by atoms with Crippen LogP contribution in [0.5, 0.6) is 0 Å². The summed E-state index contributed by atoms with van der Waals surface area (Å²) < 4.78 is 0. The summed E-state index contributed by atoms with van der Waals surface area (Å²) in [6.07, 6.45) is 3.30. The summed E-state index contributed by atoms with van der Waals surface area (Å²) in [6, 6.07) is 11.8. The fraction of sp³-hybridized carbons (Fsp3) is 0.474. The molecule has 0 radical (unpaired) electrons. The van der Waals surface area contributed by atoms with Crippen molar-refractivity contribution in [1.29, 1.82) is 0 Å². The predicted octanol–water partition coefficient (Wildman–Crippen LogP) is 2.42. The van der Waals surface area contributed by atoms with E-state index in [1.165, 1.54) is 0 Å². The van der Waals surface area contributed by atoms with Gasteiger partial charge in [-0.25, -0.2) is 9.97 Å². The monoisotopic (exact) mass is 326 g/mol. The highest BCUT2D eigenvalue weighted by molar-refractivity contribution is 5.30. The van der Waals surface area contributed by atoms with E-state index >= 15 is 0 Å². The molecule has 0 amide bonds. The van der Waals surface area contributed by atoms with Crippen LogP contribution < -0.4 is 4.90 Å². The molecule has 2 aromatic rings. The Hall–Kier alpha value is -1.98. The molecule has 128 valence electrons. The molecule has 1 aliphatic rings. The van der Waals surface area contributed by atoms with Crippen LogP contribution in [0.3, 0.4) is 0 Å². The van der Waals surface area contributed by atoms with E-state index in [1.54, 1.807) is 0 Å². The Bertz CT molecular complexity index is 626. The number of benzene rings is 1. The zero-order valence-corrected chi connectivity index (χ0v) is 14.3. The maximum absolute atomic E-state index is 10.2. The van der Waals surface area contributed by atoms with Crippen LogP contribution in [-0.4, -0.2) is 52.7 Å².